The van der Waals surface area contributed by atoms with Crippen LogP contribution < -0.4 is 0 Å². The van der Waals surface area contributed by atoms with Crippen molar-refractivity contribution in [3.63, 3.8) is 0 Å². The normalized spacial score (nSPS) is 12.0. The Bertz CT molecular complexity index is 1040. The number of benzene rings is 3. The largest absolute Gasteiger partial charge is 0.386 e. The lowest BCUT2D eigenvalue weighted by Gasteiger charge is -2.22. The monoisotopic (exact) mass is 313 g/mol. The van der Waals surface area contributed by atoms with Crippen molar-refractivity contribution >= 4 is 21.5 Å². The maximum atomic E-state index is 10.5. The molecule has 0 spiro atoms. The summed E-state index contributed by atoms with van der Waals surface area (Å²) in [6.45, 7) is 3.62. The Balaban J connectivity index is 2.08. The number of hydrogen-bond acceptors (Lipinski definition) is 2. The smallest absolute Gasteiger partial charge is 0.0847 e. The first-order valence-corrected chi connectivity index (χ1v) is 8.14. The Hall–Kier alpha value is -2.71. The van der Waals surface area contributed by atoms with E-state index in [1.54, 1.807) is 0 Å². The maximum Gasteiger partial charge on any atom is 0.0847 e. The van der Waals surface area contributed by atoms with Crippen molar-refractivity contribution in [2.24, 2.45) is 0 Å². The Kier molecular flexibility index (Phi) is 3.36. The van der Waals surface area contributed by atoms with Crippen LogP contribution in [0.25, 0.3) is 32.8 Å². The summed E-state index contributed by atoms with van der Waals surface area (Å²) in [6.07, 6.45) is 1.85. The molecule has 0 aliphatic heterocycles. The van der Waals surface area contributed by atoms with E-state index in [1.807, 2.05) is 44.3 Å². The fraction of sp³-hybridized carbons (Fsp3) is 0.136. The van der Waals surface area contributed by atoms with Gasteiger partial charge < -0.3 is 5.11 Å². The highest BCUT2D eigenvalue weighted by Gasteiger charge is 2.21. The van der Waals surface area contributed by atoms with Crippen LogP contribution in [0.2, 0.25) is 0 Å². The second-order valence-corrected chi connectivity index (χ2v) is 6.65. The summed E-state index contributed by atoms with van der Waals surface area (Å²) < 4.78 is 0. The molecule has 0 amide bonds. The van der Waals surface area contributed by atoms with Gasteiger partial charge in [-0.3, -0.25) is 4.98 Å². The molecule has 0 fully saturated rings. The van der Waals surface area contributed by atoms with Gasteiger partial charge in [-0.15, -0.1) is 0 Å². The van der Waals surface area contributed by atoms with E-state index < -0.39 is 5.60 Å². The summed E-state index contributed by atoms with van der Waals surface area (Å²) in [4.78, 5) is 4.65. The molecule has 4 rings (SSSR count). The number of hydrogen-bond donors (Lipinski definition) is 1. The molecule has 0 aliphatic carbocycles. The van der Waals surface area contributed by atoms with Crippen LogP contribution >= 0.6 is 0 Å². The standard InChI is InChI=1S/C22H19NO/c1-22(2,24)20-10-6-5-9-19(20)21-18-12-11-15-7-3-4-8-16(15)17(18)13-14-23-21/h3-14,24H,1-2H3. The van der Waals surface area contributed by atoms with Gasteiger partial charge in [0.2, 0.25) is 0 Å². The summed E-state index contributed by atoms with van der Waals surface area (Å²) in [7, 11) is 0. The van der Waals surface area contributed by atoms with Crippen LogP contribution in [-0.2, 0) is 5.60 Å². The van der Waals surface area contributed by atoms with E-state index in [1.165, 1.54) is 16.2 Å². The molecule has 0 bridgehead atoms. The van der Waals surface area contributed by atoms with Gasteiger partial charge in [0.25, 0.3) is 0 Å². The van der Waals surface area contributed by atoms with Crippen LogP contribution in [0.4, 0.5) is 0 Å². The molecule has 3 aromatic carbocycles. The van der Waals surface area contributed by atoms with Crippen LogP contribution in [-0.4, -0.2) is 10.1 Å². The van der Waals surface area contributed by atoms with Crippen LogP contribution in [0.1, 0.15) is 19.4 Å². The molecule has 0 atom stereocenters. The highest BCUT2D eigenvalue weighted by molar-refractivity contribution is 6.11. The van der Waals surface area contributed by atoms with Gasteiger partial charge in [-0.1, -0.05) is 60.7 Å². The summed E-state index contributed by atoms with van der Waals surface area (Å²) in [5.41, 5.74) is 1.86. The Morgan fingerprint density at radius 3 is 2.33 bits per heavy atom. The lowest BCUT2D eigenvalue weighted by atomic mass is 9.89. The summed E-state index contributed by atoms with van der Waals surface area (Å²) in [6, 6.07) is 22.7. The van der Waals surface area contributed by atoms with E-state index in [4.69, 9.17) is 0 Å². The molecule has 0 radical (unpaired) electrons. The minimum atomic E-state index is -0.919. The molecule has 118 valence electrons. The minimum Gasteiger partial charge on any atom is -0.386 e. The third kappa shape index (κ3) is 2.36. The van der Waals surface area contributed by atoms with Crippen molar-refractivity contribution in [1.29, 1.82) is 0 Å². The Morgan fingerprint density at radius 1 is 0.750 bits per heavy atom. The Morgan fingerprint density at radius 2 is 1.50 bits per heavy atom. The molecule has 0 aliphatic rings. The molecule has 1 N–H and O–H groups in total. The van der Waals surface area contributed by atoms with E-state index in [9.17, 15) is 5.11 Å². The van der Waals surface area contributed by atoms with Crippen LogP contribution in [0.15, 0.2) is 72.9 Å². The topological polar surface area (TPSA) is 33.1 Å². The zero-order chi connectivity index (χ0) is 16.7. The summed E-state index contributed by atoms with van der Waals surface area (Å²) in [5.74, 6) is 0. The van der Waals surface area contributed by atoms with Gasteiger partial charge in [0.1, 0.15) is 0 Å². The van der Waals surface area contributed by atoms with Crippen LogP contribution in [0.3, 0.4) is 0 Å². The fourth-order valence-electron chi connectivity index (χ4n) is 3.38. The van der Waals surface area contributed by atoms with Gasteiger partial charge in [-0.25, -0.2) is 0 Å². The van der Waals surface area contributed by atoms with E-state index >= 15 is 0 Å². The Labute approximate surface area is 141 Å². The zero-order valence-electron chi connectivity index (χ0n) is 13.8. The molecule has 0 saturated carbocycles. The predicted molar refractivity (Wildman–Crippen MR) is 99.9 cm³/mol. The number of rotatable bonds is 2. The van der Waals surface area contributed by atoms with Crippen molar-refractivity contribution in [1.82, 2.24) is 4.98 Å². The van der Waals surface area contributed by atoms with Gasteiger partial charge in [-0.2, -0.15) is 0 Å². The van der Waals surface area contributed by atoms with E-state index in [0.717, 1.165) is 22.2 Å². The number of fused-ring (bicyclic) bond motifs is 3. The van der Waals surface area contributed by atoms with E-state index in [-0.39, 0.29) is 0 Å². The average molecular weight is 313 g/mol. The third-order valence-electron chi connectivity index (χ3n) is 4.51. The first-order chi connectivity index (χ1) is 11.6. The molecule has 1 heterocycles. The fourth-order valence-corrected chi connectivity index (χ4v) is 3.38. The second kappa shape index (κ2) is 5.43. The highest BCUT2D eigenvalue weighted by atomic mass is 16.3. The van der Waals surface area contributed by atoms with Crippen LogP contribution in [0, 0.1) is 0 Å². The number of nitrogens with zero attached hydrogens (tertiary/aromatic N) is 1. The molecule has 2 nitrogen and oxygen atoms in total. The van der Waals surface area contributed by atoms with Gasteiger partial charge in [0.15, 0.2) is 0 Å². The van der Waals surface area contributed by atoms with Gasteiger partial charge >= 0.3 is 0 Å². The molecule has 2 heteroatoms. The molecule has 1 aromatic heterocycles. The van der Waals surface area contributed by atoms with Crippen molar-refractivity contribution in [2.45, 2.75) is 19.4 Å². The molecule has 0 unspecified atom stereocenters. The molecule has 4 aromatic rings. The molecule has 24 heavy (non-hydrogen) atoms. The van der Waals surface area contributed by atoms with Crippen molar-refractivity contribution in [3.8, 4) is 11.3 Å². The van der Waals surface area contributed by atoms with Gasteiger partial charge in [-0.05, 0) is 41.6 Å². The van der Waals surface area contributed by atoms with E-state index in [2.05, 4.69) is 47.4 Å². The first kappa shape index (κ1) is 14.9. The lowest BCUT2D eigenvalue weighted by molar-refractivity contribution is 0.0792. The maximum absolute atomic E-state index is 10.5. The van der Waals surface area contributed by atoms with Crippen molar-refractivity contribution in [3.05, 3.63) is 78.5 Å². The molecular formula is C22H19NO. The SMILES string of the molecule is CC(C)(O)c1ccccc1-c1nccc2c1ccc1ccccc12. The first-order valence-electron chi connectivity index (χ1n) is 8.14. The minimum absolute atomic E-state index is 0.887. The number of pyridine rings is 1. The quantitative estimate of drug-likeness (QED) is 0.511. The molecule has 0 saturated heterocycles. The second-order valence-electron chi connectivity index (χ2n) is 6.65. The predicted octanol–water partition coefficient (Wildman–Crippen LogP) is 5.28. The van der Waals surface area contributed by atoms with Crippen LogP contribution in [0.5, 0.6) is 0 Å². The van der Waals surface area contributed by atoms with Gasteiger partial charge in [0, 0.05) is 17.1 Å². The van der Waals surface area contributed by atoms with Crippen molar-refractivity contribution < 1.29 is 5.11 Å². The number of aliphatic hydroxyl groups is 1. The average Bonchev–Trinajstić information content (AvgIpc) is 2.60. The number of aromatic nitrogens is 1. The lowest BCUT2D eigenvalue weighted by Crippen LogP contribution is -2.16. The third-order valence-corrected chi connectivity index (χ3v) is 4.51. The highest BCUT2D eigenvalue weighted by Crippen LogP contribution is 2.36. The summed E-state index contributed by atoms with van der Waals surface area (Å²) >= 11 is 0. The van der Waals surface area contributed by atoms with Crippen molar-refractivity contribution in [2.75, 3.05) is 0 Å². The zero-order valence-corrected chi connectivity index (χ0v) is 13.8. The molecular weight excluding hydrogens is 294 g/mol. The van der Waals surface area contributed by atoms with Gasteiger partial charge in [0.05, 0.1) is 11.3 Å². The summed E-state index contributed by atoms with van der Waals surface area (Å²) in [5, 5.41) is 15.3. The van der Waals surface area contributed by atoms with E-state index in [0.29, 0.717) is 0 Å².